The van der Waals surface area contributed by atoms with Crippen LogP contribution in [-0.4, -0.2) is 32.9 Å². The summed E-state index contributed by atoms with van der Waals surface area (Å²) in [6.45, 7) is 1.74. The molecule has 0 unspecified atom stereocenters. The summed E-state index contributed by atoms with van der Waals surface area (Å²) in [4.78, 5) is 13.9. The highest BCUT2D eigenvalue weighted by molar-refractivity contribution is 7.98. The first-order valence-electron chi connectivity index (χ1n) is 8.06. The van der Waals surface area contributed by atoms with Gasteiger partial charge in [0.2, 0.25) is 15.9 Å². The number of halogens is 2. The van der Waals surface area contributed by atoms with Gasteiger partial charge in [-0.25, -0.2) is 8.42 Å². The standard InChI is InChI=1S/C18H20Cl2N2O3S2/c1-4-17(18(23)21-14-6-5-7-16(11-14)26-2)22(27(3,24)25)15-9-12(19)8-13(20)10-15/h5-11,17H,4H2,1-3H3,(H,21,23)/t17-/m0/s1. The van der Waals surface area contributed by atoms with Crippen molar-refractivity contribution in [1.29, 1.82) is 0 Å². The van der Waals surface area contributed by atoms with Gasteiger partial charge in [0.05, 0.1) is 11.9 Å². The second kappa shape index (κ2) is 9.19. The molecule has 0 saturated carbocycles. The number of anilines is 2. The van der Waals surface area contributed by atoms with Crippen molar-refractivity contribution in [2.24, 2.45) is 0 Å². The van der Waals surface area contributed by atoms with Gasteiger partial charge in [0.15, 0.2) is 0 Å². The van der Waals surface area contributed by atoms with E-state index in [9.17, 15) is 13.2 Å². The van der Waals surface area contributed by atoms with Gasteiger partial charge in [-0.1, -0.05) is 36.2 Å². The highest BCUT2D eigenvalue weighted by atomic mass is 35.5. The number of carbonyl (C=O) groups is 1. The molecule has 27 heavy (non-hydrogen) atoms. The molecule has 2 rings (SSSR count). The zero-order valence-electron chi connectivity index (χ0n) is 15.1. The molecule has 0 aliphatic carbocycles. The molecule has 146 valence electrons. The van der Waals surface area contributed by atoms with E-state index < -0.39 is 22.0 Å². The second-order valence-electron chi connectivity index (χ2n) is 5.83. The van der Waals surface area contributed by atoms with Crippen LogP contribution >= 0.6 is 35.0 Å². The molecule has 0 aliphatic rings. The Balaban J connectivity index is 2.41. The van der Waals surface area contributed by atoms with Gasteiger partial charge >= 0.3 is 0 Å². The maximum absolute atomic E-state index is 12.9. The minimum Gasteiger partial charge on any atom is -0.324 e. The molecule has 0 heterocycles. The fraction of sp³-hybridized carbons (Fsp3) is 0.278. The summed E-state index contributed by atoms with van der Waals surface area (Å²) >= 11 is 13.6. The predicted molar refractivity (Wildman–Crippen MR) is 115 cm³/mol. The monoisotopic (exact) mass is 446 g/mol. The number of sulfonamides is 1. The Morgan fingerprint density at radius 1 is 1.19 bits per heavy atom. The number of benzene rings is 2. The van der Waals surface area contributed by atoms with E-state index in [0.717, 1.165) is 15.5 Å². The molecule has 0 radical (unpaired) electrons. The van der Waals surface area contributed by atoms with Crippen LogP contribution in [0.1, 0.15) is 13.3 Å². The van der Waals surface area contributed by atoms with Crippen LogP contribution in [0.2, 0.25) is 10.0 Å². The quantitative estimate of drug-likeness (QED) is 0.614. The van der Waals surface area contributed by atoms with E-state index in [4.69, 9.17) is 23.2 Å². The van der Waals surface area contributed by atoms with Crippen molar-refractivity contribution in [3.05, 3.63) is 52.5 Å². The predicted octanol–water partition coefficient (Wildman–Crippen LogP) is 4.90. The van der Waals surface area contributed by atoms with Gasteiger partial charge in [-0.2, -0.15) is 0 Å². The maximum atomic E-state index is 12.9. The molecular weight excluding hydrogens is 427 g/mol. The molecule has 1 amide bonds. The number of thioether (sulfide) groups is 1. The lowest BCUT2D eigenvalue weighted by molar-refractivity contribution is -0.117. The normalized spacial score (nSPS) is 12.5. The van der Waals surface area contributed by atoms with E-state index >= 15 is 0 Å². The zero-order valence-corrected chi connectivity index (χ0v) is 18.2. The van der Waals surface area contributed by atoms with Crippen molar-refractivity contribution >= 4 is 62.3 Å². The first kappa shape index (κ1) is 21.9. The number of hydrogen-bond acceptors (Lipinski definition) is 4. The third-order valence-electron chi connectivity index (χ3n) is 3.77. The van der Waals surface area contributed by atoms with Gasteiger partial charge in [-0.05, 0) is 49.1 Å². The van der Waals surface area contributed by atoms with Gasteiger partial charge < -0.3 is 5.32 Å². The summed E-state index contributed by atoms with van der Waals surface area (Å²) in [6.07, 6.45) is 3.25. The summed E-state index contributed by atoms with van der Waals surface area (Å²) in [6, 6.07) is 10.8. The Bertz CT molecular complexity index is 916. The lowest BCUT2D eigenvalue weighted by Gasteiger charge is -2.30. The number of nitrogens with one attached hydrogen (secondary N) is 1. The average Bonchev–Trinajstić information content (AvgIpc) is 2.57. The van der Waals surface area contributed by atoms with Crippen LogP contribution in [0.4, 0.5) is 11.4 Å². The third-order valence-corrected chi connectivity index (χ3v) is 6.11. The lowest BCUT2D eigenvalue weighted by atomic mass is 10.2. The molecule has 0 fully saturated rings. The summed E-state index contributed by atoms with van der Waals surface area (Å²) in [5, 5.41) is 3.37. The van der Waals surface area contributed by atoms with Crippen LogP contribution in [0, 0.1) is 0 Å². The van der Waals surface area contributed by atoms with Crippen LogP contribution < -0.4 is 9.62 Å². The number of amides is 1. The Morgan fingerprint density at radius 3 is 2.33 bits per heavy atom. The minimum atomic E-state index is -3.76. The van der Waals surface area contributed by atoms with Crippen molar-refractivity contribution in [2.75, 3.05) is 22.1 Å². The Kier molecular flexibility index (Phi) is 7.45. The molecule has 2 aromatic rings. The topological polar surface area (TPSA) is 66.5 Å². The number of rotatable bonds is 7. The van der Waals surface area contributed by atoms with Crippen LogP contribution in [0.3, 0.4) is 0 Å². The van der Waals surface area contributed by atoms with E-state index in [1.165, 1.54) is 18.2 Å². The molecule has 1 N–H and O–H groups in total. The Hall–Kier alpha value is -1.41. The van der Waals surface area contributed by atoms with E-state index in [1.54, 1.807) is 24.8 Å². The molecule has 0 spiro atoms. The largest absolute Gasteiger partial charge is 0.324 e. The van der Waals surface area contributed by atoms with Crippen molar-refractivity contribution in [3.63, 3.8) is 0 Å². The molecule has 9 heteroatoms. The number of carbonyl (C=O) groups excluding carboxylic acids is 1. The number of nitrogens with zero attached hydrogens (tertiary/aromatic N) is 1. The summed E-state index contributed by atoms with van der Waals surface area (Å²) in [5.74, 6) is -0.433. The summed E-state index contributed by atoms with van der Waals surface area (Å²) in [7, 11) is -3.76. The van der Waals surface area contributed by atoms with Crippen molar-refractivity contribution in [1.82, 2.24) is 0 Å². The SMILES string of the molecule is CC[C@@H](C(=O)Nc1cccc(SC)c1)N(c1cc(Cl)cc(Cl)c1)S(C)(=O)=O. The summed E-state index contributed by atoms with van der Waals surface area (Å²) < 4.78 is 26.0. The molecule has 5 nitrogen and oxygen atoms in total. The fourth-order valence-electron chi connectivity index (χ4n) is 2.65. The van der Waals surface area contributed by atoms with Crippen LogP contribution in [0.5, 0.6) is 0 Å². The highest BCUT2D eigenvalue weighted by Crippen LogP contribution is 2.30. The molecule has 2 aromatic carbocycles. The van der Waals surface area contributed by atoms with Crippen molar-refractivity contribution < 1.29 is 13.2 Å². The average molecular weight is 447 g/mol. The van der Waals surface area contributed by atoms with E-state index in [0.29, 0.717) is 5.69 Å². The van der Waals surface area contributed by atoms with Crippen molar-refractivity contribution in [2.45, 2.75) is 24.3 Å². The van der Waals surface area contributed by atoms with Gasteiger partial charge in [-0.15, -0.1) is 11.8 Å². The van der Waals surface area contributed by atoms with E-state index in [2.05, 4.69) is 5.32 Å². The highest BCUT2D eigenvalue weighted by Gasteiger charge is 2.32. The Labute approximate surface area is 174 Å². The van der Waals surface area contributed by atoms with Crippen LogP contribution in [0.25, 0.3) is 0 Å². The third kappa shape index (κ3) is 5.78. The first-order valence-corrected chi connectivity index (χ1v) is 11.9. The smallest absolute Gasteiger partial charge is 0.248 e. The fourth-order valence-corrected chi connectivity index (χ4v) is 4.82. The van der Waals surface area contributed by atoms with Crippen LogP contribution in [0.15, 0.2) is 47.4 Å². The van der Waals surface area contributed by atoms with Gasteiger partial charge in [-0.3, -0.25) is 9.10 Å². The zero-order chi connectivity index (χ0) is 20.2. The van der Waals surface area contributed by atoms with Gasteiger partial charge in [0.25, 0.3) is 0 Å². The Morgan fingerprint density at radius 2 is 1.81 bits per heavy atom. The second-order valence-corrected chi connectivity index (χ2v) is 9.44. The molecule has 1 atom stereocenters. The molecule has 0 aliphatic heterocycles. The first-order chi connectivity index (χ1) is 12.7. The maximum Gasteiger partial charge on any atom is 0.248 e. The van der Waals surface area contributed by atoms with Gasteiger partial charge in [0.1, 0.15) is 6.04 Å². The molecular formula is C18H20Cl2N2O3S2. The lowest BCUT2D eigenvalue weighted by Crippen LogP contribution is -2.47. The molecule has 0 bridgehead atoms. The summed E-state index contributed by atoms with van der Waals surface area (Å²) in [5.41, 5.74) is 0.845. The van der Waals surface area contributed by atoms with E-state index in [-0.39, 0.29) is 22.2 Å². The van der Waals surface area contributed by atoms with E-state index in [1.807, 2.05) is 24.5 Å². The number of hydrogen-bond donors (Lipinski definition) is 1. The van der Waals surface area contributed by atoms with Crippen molar-refractivity contribution in [3.8, 4) is 0 Å². The minimum absolute atomic E-state index is 0.245. The molecule has 0 aromatic heterocycles. The molecule has 0 saturated heterocycles. The van der Waals surface area contributed by atoms with Crippen LogP contribution in [-0.2, 0) is 14.8 Å². The van der Waals surface area contributed by atoms with Gasteiger partial charge in [0, 0.05) is 20.6 Å².